The highest BCUT2D eigenvalue weighted by Crippen LogP contribution is 2.39. The van der Waals surface area contributed by atoms with E-state index in [0.717, 1.165) is 29.8 Å². The second-order valence-corrected chi connectivity index (χ2v) is 8.42. The van der Waals surface area contributed by atoms with Crippen LogP contribution in [-0.2, 0) is 11.0 Å². The van der Waals surface area contributed by atoms with E-state index in [1.54, 1.807) is 0 Å². The van der Waals surface area contributed by atoms with E-state index in [9.17, 15) is 23.1 Å². The number of carbonyl (C=O) groups excluding carboxylic acids is 1. The Morgan fingerprint density at radius 2 is 1.94 bits per heavy atom. The van der Waals surface area contributed by atoms with Gasteiger partial charge in [-0.3, -0.25) is 4.79 Å². The minimum absolute atomic E-state index is 0.0140. The maximum atomic E-state index is 13.3. The molecule has 1 aromatic rings. The number of carbonyl (C=O) groups is 1. The van der Waals surface area contributed by atoms with Crippen molar-refractivity contribution in [3.8, 4) is 0 Å². The first-order chi connectivity index (χ1) is 14.7. The Labute approximate surface area is 179 Å². The molecule has 2 N–H and O–H groups in total. The van der Waals surface area contributed by atoms with E-state index < -0.39 is 17.8 Å². The van der Waals surface area contributed by atoms with Crippen LogP contribution in [0.2, 0.25) is 0 Å². The first-order valence-electron chi connectivity index (χ1n) is 10.5. The number of allylic oxidation sites excluding steroid dienone is 5. The molecule has 4 rings (SSSR count). The van der Waals surface area contributed by atoms with E-state index in [-0.39, 0.29) is 17.6 Å². The monoisotopic (exact) mass is 430 g/mol. The van der Waals surface area contributed by atoms with Gasteiger partial charge in [-0.05, 0) is 67.5 Å². The molecule has 0 radical (unpaired) electrons. The molecule has 2 aliphatic carbocycles. The van der Waals surface area contributed by atoms with E-state index in [1.165, 1.54) is 17.7 Å². The second kappa shape index (κ2) is 8.46. The van der Waals surface area contributed by atoms with Crippen molar-refractivity contribution in [2.75, 3.05) is 6.54 Å². The number of hydrogen-bond acceptors (Lipinski definition) is 4. The predicted molar refractivity (Wildman–Crippen MR) is 113 cm³/mol. The average molecular weight is 430 g/mol. The standard InChI is InChI=1S/C24H25F3N2O2/c1-14-20-11-16(3-2-4-18(20)13-28-29-14)23(31)17-7-10-22(30)21(12-17)15-5-8-19(9-6-15)24(25,26)27/h2-3,5-6,8-9,11,17,21-22,28,30H,4,7,10,12-13H2,1H3/t17-,21-,22+/m1/s1. The molecule has 4 nitrogen and oxygen atoms in total. The van der Waals surface area contributed by atoms with Gasteiger partial charge in [0.05, 0.1) is 23.9 Å². The van der Waals surface area contributed by atoms with Gasteiger partial charge in [0.1, 0.15) is 0 Å². The molecule has 164 valence electrons. The van der Waals surface area contributed by atoms with Crippen molar-refractivity contribution in [3.63, 3.8) is 0 Å². The number of Topliss-reactive ketones (excluding diaryl/α,β-unsaturated/α-hetero) is 1. The van der Waals surface area contributed by atoms with E-state index in [1.807, 2.05) is 25.2 Å². The van der Waals surface area contributed by atoms with Crippen LogP contribution in [0.1, 0.15) is 49.7 Å². The summed E-state index contributed by atoms with van der Waals surface area (Å²) < 4.78 is 38.6. The maximum absolute atomic E-state index is 13.3. The van der Waals surface area contributed by atoms with Gasteiger partial charge < -0.3 is 10.5 Å². The lowest BCUT2D eigenvalue weighted by Gasteiger charge is -2.33. The Hall–Kier alpha value is -2.67. The summed E-state index contributed by atoms with van der Waals surface area (Å²) in [5, 5.41) is 14.8. The number of nitrogens with one attached hydrogen (secondary N) is 1. The lowest BCUT2D eigenvalue weighted by molar-refractivity contribution is -0.137. The molecule has 0 aromatic heterocycles. The fourth-order valence-corrected chi connectivity index (χ4v) is 4.64. The highest BCUT2D eigenvalue weighted by molar-refractivity contribution is 6.06. The third-order valence-corrected chi connectivity index (χ3v) is 6.41. The average Bonchev–Trinajstić information content (AvgIpc) is 2.97. The summed E-state index contributed by atoms with van der Waals surface area (Å²) >= 11 is 0. The Morgan fingerprint density at radius 1 is 1.19 bits per heavy atom. The van der Waals surface area contributed by atoms with Crippen LogP contribution in [0.4, 0.5) is 13.2 Å². The SMILES string of the molecule is CC1=NNCC2=C1C=C(C(=O)[C@@H]1CC[C@H](O)[C@@H](c3ccc(C(F)(F)F)cc3)C1)C=CC2. The van der Waals surface area contributed by atoms with Crippen LogP contribution in [0.15, 0.2) is 64.3 Å². The van der Waals surface area contributed by atoms with Gasteiger partial charge in [0, 0.05) is 17.4 Å². The number of alkyl halides is 3. The fourth-order valence-electron chi connectivity index (χ4n) is 4.64. The van der Waals surface area contributed by atoms with Crippen LogP contribution >= 0.6 is 0 Å². The molecule has 0 amide bonds. The zero-order valence-corrected chi connectivity index (χ0v) is 17.2. The van der Waals surface area contributed by atoms with Crippen molar-refractivity contribution in [2.24, 2.45) is 11.0 Å². The lowest BCUT2D eigenvalue weighted by Crippen LogP contribution is -2.31. The number of halogens is 3. The molecular weight excluding hydrogens is 405 g/mol. The molecule has 7 heteroatoms. The number of aliphatic hydroxyl groups is 1. The molecule has 0 saturated heterocycles. The van der Waals surface area contributed by atoms with E-state index in [4.69, 9.17) is 0 Å². The maximum Gasteiger partial charge on any atom is 0.416 e. The smallest absolute Gasteiger partial charge is 0.392 e. The Morgan fingerprint density at radius 3 is 2.65 bits per heavy atom. The topological polar surface area (TPSA) is 61.7 Å². The number of ketones is 1. The van der Waals surface area contributed by atoms with Crippen LogP contribution in [0.25, 0.3) is 0 Å². The molecule has 0 spiro atoms. The fraction of sp³-hybridized carbons (Fsp3) is 0.417. The normalized spacial score (nSPS) is 26.4. The molecule has 1 saturated carbocycles. The summed E-state index contributed by atoms with van der Waals surface area (Å²) in [5.41, 5.74) is 6.55. The first-order valence-corrected chi connectivity index (χ1v) is 10.5. The van der Waals surface area contributed by atoms with Crippen molar-refractivity contribution >= 4 is 11.5 Å². The Balaban J connectivity index is 1.55. The van der Waals surface area contributed by atoms with Gasteiger partial charge in [-0.15, -0.1) is 0 Å². The predicted octanol–water partition coefficient (Wildman–Crippen LogP) is 4.68. The van der Waals surface area contributed by atoms with Crippen molar-refractivity contribution in [1.29, 1.82) is 0 Å². The Bertz CT molecular complexity index is 987. The molecule has 0 bridgehead atoms. The van der Waals surface area contributed by atoms with Crippen molar-refractivity contribution < 1.29 is 23.1 Å². The number of hydrazone groups is 1. The van der Waals surface area contributed by atoms with Crippen LogP contribution in [0, 0.1) is 5.92 Å². The molecule has 1 fully saturated rings. The zero-order valence-electron chi connectivity index (χ0n) is 17.2. The van der Waals surface area contributed by atoms with Crippen molar-refractivity contribution in [3.05, 3.63) is 70.3 Å². The summed E-state index contributed by atoms with van der Waals surface area (Å²) in [6, 6.07) is 4.91. The highest BCUT2D eigenvalue weighted by atomic mass is 19.4. The molecule has 0 unspecified atom stereocenters. The van der Waals surface area contributed by atoms with Gasteiger partial charge in [0.15, 0.2) is 5.78 Å². The van der Waals surface area contributed by atoms with Crippen LogP contribution in [0.5, 0.6) is 0 Å². The number of rotatable bonds is 3. The molecular formula is C24H25F3N2O2. The molecule has 3 atom stereocenters. The van der Waals surface area contributed by atoms with E-state index >= 15 is 0 Å². The second-order valence-electron chi connectivity index (χ2n) is 8.42. The van der Waals surface area contributed by atoms with E-state index in [0.29, 0.717) is 36.9 Å². The van der Waals surface area contributed by atoms with Gasteiger partial charge in [-0.1, -0.05) is 24.3 Å². The van der Waals surface area contributed by atoms with Crippen molar-refractivity contribution in [1.82, 2.24) is 5.43 Å². The third kappa shape index (κ3) is 4.51. The molecule has 1 aromatic carbocycles. The molecule has 3 aliphatic rings. The number of benzene rings is 1. The quantitative estimate of drug-likeness (QED) is 0.732. The lowest BCUT2D eigenvalue weighted by atomic mass is 9.73. The van der Waals surface area contributed by atoms with Crippen molar-refractivity contribution in [2.45, 2.75) is 50.8 Å². The van der Waals surface area contributed by atoms with Gasteiger partial charge in [-0.2, -0.15) is 18.3 Å². The third-order valence-electron chi connectivity index (χ3n) is 6.41. The Kier molecular flexibility index (Phi) is 5.88. The zero-order chi connectivity index (χ0) is 22.2. The summed E-state index contributed by atoms with van der Waals surface area (Å²) in [6.07, 6.45) is 2.83. The summed E-state index contributed by atoms with van der Waals surface area (Å²) in [4.78, 5) is 13.3. The van der Waals surface area contributed by atoms with E-state index in [2.05, 4.69) is 10.5 Å². The summed E-state index contributed by atoms with van der Waals surface area (Å²) in [6.45, 7) is 2.56. The molecule has 1 heterocycles. The molecule has 1 aliphatic heterocycles. The van der Waals surface area contributed by atoms with Gasteiger partial charge in [0.25, 0.3) is 0 Å². The first kappa shape index (κ1) is 21.6. The number of aliphatic hydroxyl groups excluding tert-OH is 1. The van der Waals surface area contributed by atoms with Crippen LogP contribution in [0.3, 0.4) is 0 Å². The number of hydrogen-bond donors (Lipinski definition) is 2. The van der Waals surface area contributed by atoms with Crippen LogP contribution < -0.4 is 5.43 Å². The number of nitrogens with zero attached hydrogens (tertiary/aromatic N) is 1. The summed E-state index contributed by atoms with van der Waals surface area (Å²) in [5.74, 6) is -0.634. The highest BCUT2D eigenvalue weighted by Gasteiger charge is 2.36. The van der Waals surface area contributed by atoms with Gasteiger partial charge in [-0.25, -0.2) is 0 Å². The minimum atomic E-state index is -4.40. The van der Waals surface area contributed by atoms with Gasteiger partial charge in [0.2, 0.25) is 0 Å². The largest absolute Gasteiger partial charge is 0.416 e. The summed E-state index contributed by atoms with van der Waals surface area (Å²) in [7, 11) is 0. The molecule has 31 heavy (non-hydrogen) atoms. The van der Waals surface area contributed by atoms with Gasteiger partial charge >= 0.3 is 6.18 Å². The minimum Gasteiger partial charge on any atom is -0.392 e. The van der Waals surface area contributed by atoms with Crippen LogP contribution in [-0.4, -0.2) is 29.3 Å².